The Bertz CT molecular complexity index is 454. The van der Waals surface area contributed by atoms with Gasteiger partial charge in [0, 0.05) is 10.6 Å². The Kier molecular flexibility index (Phi) is 3.29. The number of benzene rings is 1. The highest BCUT2D eigenvalue weighted by atomic mass is 32.2. The van der Waals surface area contributed by atoms with Gasteiger partial charge in [-0.05, 0) is 48.9 Å². The molecule has 0 saturated heterocycles. The van der Waals surface area contributed by atoms with E-state index in [1.165, 1.54) is 24.3 Å². The van der Waals surface area contributed by atoms with Crippen molar-refractivity contribution in [3.63, 3.8) is 0 Å². The van der Waals surface area contributed by atoms with Crippen LogP contribution in [-0.2, 0) is 4.79 Å². The Labute approximate surface area is 106 Å². The van der Waals surface area contributed by atoms with Crippen molar-refractivity contribution in [2.75, 3.05) is 5.32 Å². The van der Waals surface area contributed by atoms with Crippen LogP contribution in [0.25, 0.3) is 0 Å². The van der Waals surface area contributed by atoms with Crippen LogP contribution in [0.15, 0.2) is 29.2 Å². The molecule has 1 aliphatic carbocycles. The maximum atomic E-state index is 12.1. The fourth-order valence-electron chi connectivity index (χ4n) is 1.36. The van der Waals surface area contributed by atoms with Crippen LogP contribution in [0, 0.1) is 0 Å². The van der Waals surface area contributed by atoms with Crippen molar-refractivity contribution in [3.05, 3.63) is 24.3 Å². The lowest BCUT2D eigenvalue weighted by Crippen LogP contribution is -2.37. The zero-order valence-corrected chi connectivity index (χ0v) is 10.1. The number of carbonyl (C=O) groups is 1. The molecular formula is C11H11F3N2OS. The molecule has 3 N–H and O–H groups in total. The smallest absolute Gasteiger partial charge is 0.324 e. The molecule has 18 heavy (non-hydrogen) atoms. The zero-order valence-electron chi connectivity index (χ0n) is 9.25. The van der Waals surface area contributed by atoms with E-state index in [1.54, 1.807) is 0 Å². The third kappa shape index (κ3) is 3.39. The summed E-state index contributed by atoms with van der Waals surface area (Å²) in [5.74, 6) is -0.293. The first kappa shape index (κ1) is 13.2. The molecule has 1 aliphatic rings. The van der Waals surface area contributed by atoms with E-state index >= 15 is 0 Å². The molecule has 0 aromatic heterocycles. The fraction of sp³-hybridized carbons (Fsp3) is 0.364. The standard InChI is InChI=1S/C11H11F3N2OS/c12-11(13,14)18-8-3-1-7(2-4-8)16-9(17)10(15)5-6-10/h1-4H,5-6,15H2,(H,16,17). The summed E-state index contributed by atoms with van der Waals surface area (Å²) in [4.78, 5) is 11.7. The van der Waals surface area contributed by atoms with E-state index < -0.39 is 11.0 Å². The Morgan fingerprint density at radius 1 is 1.28 bits per heavy atom. The van der Waals surface area contributed by atoms with Crippen LogP contribution in [0.5, 0.6) is 0 Å². The van der Waals surface area contributed by atoms with Crippen LogP contribution in [-0.4, -0.2) is 17.0 Å². The minimum absolute atomic E-state index is 0.0781. The van der Waals surface area contributed by atoms with E-state index in [4.69, 9.17) is 5.73 Å². The number of rotatable bonds is 3. The van der Waals surface area contributed by atoms with Crippen molar-refractivity contribution >= 4 is 23.4 Å². The molecule has 1 aromatic carbocycles. The average Bonchev–Trinajstić information content (AvgIpc) is 2.99. The monoisotopic (exact) mass is 276 g/mol. The van der Waals surface area contributed by atoms with E-state index in [-0.39, 0.29) is 22.6 Å². The molecule has 0 atom stereocenters. The summed E-state index contributed by atoms with van der Waals surface area (Å²) in [7, 11) is 0. The van der Waals surface area contributed by atoms with Gasteiger partial charge in [0.2, 0.25) is 5.91 Å². The largest absolute Gasteiger partial charge is 0.446 e. The number of anilines is 1. The molecule has 7 heteroatoms. The molecule has 0 radical (unpaired) electrons. The predicted molar refractivity (Wildman–Crippen MR) is 63.1 cm³/mol. The maximum absolute atomic E-state index is 12.1. The van der Waals surface area contributed by atoms with E-state index in [0.717, 1.165) is 0 Å². The first-order valence-corrected chi connectivity index (χ1v) is 6.06. The van der Waals surface area contributed by atoms with Crippen LogP contribution >= 0.6 is 11.8 Å². The fourth-order valence-corrected chi connectivity index (χ4v) is 1.90. The molecule has 2 rings (SSSR count). The normalized spacial score (nSPS) is 17.3. The van der Waals surface area contributed by atoms with Gasteiger partial charge < -0.3 is 11.1 Å². The van der Waals surface area contributed by atoms with Crippen LogP contribution in [0.2, 0.25) is 0 Å². The Morgan fingerprint density at radius 2 is 1.83 bits per heavy atom. The van der Waals surface area contributed by atoms with Gasteiger partial charge in [-0.15, -0.1) is 0 Å². The molecule has 0 spiro atoms. The number of hydrogen-bond acceptors (Lipinski definition) is 3. The highest BCUT2D eigenvalue weighted by Crippen LogP contribution is 2.37. The van der Waals surface area contributed by atoms with E-state index in [9.17, 15) is 18.0 Å². The van der Waals surface area contributed by atoms with E-state index in [2.05, 4.69) is 5.32 Å². The minimum Gasteiger partial charge on any atom is -0.324 e. The summed E-state index contributed by atoms with van der Waals surface area (Å²) in [5.41, 5.74) is 1.04. The number of carbonyl (C=O) groups excluding carboxylic acids is 1. The highest BCUT2D eigenvalue weighted by Gasteiger charge is 2.45. The molecule has 0 heterocycles. The SMILES string of the molecule is NC1(C(=O)Nc2ccc(SC(F)(F)F)cc2)CC1. The lowest BCUT2D eigenvalue weighted by atomic mass is 10.2. The molecule has 98 valence electrons. The third-order valence-corrected chi connectivity index (χ3v) is 3.33. The lowest BCUT2D eigenvalue weighted by molar-refractivity contribution is -0.118. The van der Waals surface area contributed by atoms with Gasteiger partial charge >= 0.3 is 5.51 Å². The van der Waals surface area contributed by atoms with Gasteiger partial charge in [-0.1, -0.05) is 0 Å². The van der Waals surface area contributed by atoms with Crippen LogP contribution < -0.4 is 11.1 Å². The third-order valence-electron chi connectivity index (χ3n) is 2.59. The molecule has 0 aliphatic heterocycles. The number of alkyl halides is 3. The van der Waals surface area contributed by atoms with Gasteiger partial charge in [0.05, 0.1) is 5.54 Å². The Morgan fingerprint density at radius 3 is 2.28 bits per heavy atom. The van der Waals surface area contributed by atoms with Crippen LogP contribution in [0.3, 0.4) is 0 Å². The van der Waals surface area contributed by atoms with Crippen molar-refractivity contribution in [1.82, 2.24) is 0 Å². The summed E-state index contributed by atoms with van der Waals surface area (Å²) in [5, 5.41) is 2.58. The summed E-state index contributed by atoms with van der Waals surface area (Å²) in [6.07, 6.45) is 1.28. The number of halogens is 3. The van der Waals surface area contributed by atoms with Crippen molar-refractivity contribution in [1.29, 1.82) is 0 Å². The second-order valence-corrected chi connectivity index (χ2v) is 5.32. The van der Waals surface area contributed by atoms with Crippen LogP contribution in [0.1, 0.15) is 12.8 Å². The molecule has 1 saturated carbocycles. The van der Waals surface area contributed by atoms with Gasteiger partial charge in [0.25, 0.3) is 0 Å². The number of thioether (sulfide) groups is 1. The van der Waals surface area contributed by atoms with Gasteiger partial charge in [0.1, 0.15) is 0 Å². The van der Waals surface area contributed by atoms with E-state index in [1.807, 2.05) is 0 Å². The summed E-state index contributed by atoms with van der Waals surface area (Å²) < 4.78 is 36.3. The molecule has 0 unspecified atom stereocenters. The first-order chi connectivity index (χ1) is 8.28. The van der Waals surface area contributed by atoms with Gasteiger partial charge in [-0.25, -0.2) is 0 Å². The molecule has 0 bridgehead atoms. The summed E-state index contributed by atoms with van der Waals surface area (Å²) in [6.45, 7) is 0. The minimum atomic E-state index is -4.31. The van der Waals surface area contributed by atoms with Crippen molar-refractivity contribution in [3.8, 4) is 0 Å². The summed E-state index contributed by atoms with van der Waals surface area (Å²) in [6, 6.07) is 5.48. The van der Waals surface area contributed by atoms with Gasteiger partial charge in [0.15, 0.2) is 0 Å². The van der Waals surface area contributed by atoms with Crippen molar-refractivity contribution in [2.24, 2.45) is 5.73 Å². The Balaban J connectivity index is 1.97. The number of nitrogens with two attached hydrogens (primary N) is 1. The molecule has 1 fully saturated rings. The molecule has 3 nitrogen and oxygen atoms in total. The van der Waals surface area contributed by atoms with Crippen molar-refractivity contribution < 1.29 is 18.0 Å². The maximum Gasteiger partial charge on any atom is 0.446 e. The van der Waals surface area contributed by atoms with Crippen LogP contribution in [0.4, 0.5) is 18.9 Å². The second kappa shape index (κ2) is 4.47. The van der Waals surface area contributed by atoms with Gasteiger partial charge in [-0.2, -0.15) is 13.2 Å². The molecule has 1 amide bonds. The van der Waals surface area contributed by atoms with Gasteiger partial charge in [-0.3, -0.25) is 4.79 Å². The number of amides is 1. The molecular weight excluding hydrogens is 265 g/mol. The molecule has 1 aromatic rings. The number of nitrogens with one attached hydrogen (secondary N) is 1. The predicted octanol–water partition coefficient (Wildman–Crippen LogP) is 2.73. The topological polar surface area (TPSA) is 55.1 Å². The number of hydrogen-bond donors (Lipinski definition) is 2. The lowest BCUT2D eigenvalue weighted by Gasteiger charge is -2.10. The Hall–Kier alpha value is -1.21. The highest BCUT2D eigenvalue weighted by molar-refractivity contribution is 8.00. The zero-order chi connectivity index (χ0) is 13.4. The average molecular weight is 276 g/mol. The quantitative estimate of drug-likeness (QED) is 0.835. The first-order valence-electron chi connectivity index (χ1n) is 5.25. The second-order valence-electron chi connectivity index (χ2n) is 4.18. The van der Waals surface area contributed by atoms with Crippen molar-refractivity contribution in [2.45, 2.75) is 28.8 Å². The summed E-state index contributed by atoms with van der Waals surface area (Å²) >= 11 is -0.191. The van der Waals surface area contributed by atoms with E-state index in [0.29, 0.717) is 18.5 Å².